The van der Waals surface area contributed by atoms with Crippen molar-refractivity contribution < 1.29 is 0 Å². The van der Waals surface area contributed by atoms with Crippen LogP contribution in [0.25, 0.3) is 11.1 Å². The fourth-order valence-electron chi connectivity index (χ4n) is 3.35. The molecule has 0 aliphatic rings. The van der Waals surface area contributed by atoms with Crippen molar-refractivity contribution in [3.05, 3.63) is 108 Å². The van der Waals surface area contributed by atoms with Gasteiger partial charge in [-0.3, -0.25) is 0 Å². The Labute approximate surface area is 166 Å². The summed E-state index contributed by atoms with van der Waals surface area (Å²) in [4.78, 5) is 0. The molecule has 2 heteroatoms. The molecule has 0 spiro atoms. The average Bonchev–Trinajstić information content (AvgIpc) is 2.68. The molecule has 4 aromatic carbocycles. The Morgan fingerprint density at radius 2 is 0.964 bits per heavy atom. The lowest BCUT2D eigenvalue weighted by Gasteiger charge is -2.14. The first kappa shape index (κ1) is 17.9. The first-order chi connectivity index (χ1) is 13.7. The minimum absolute atomic E-state index is 1.06. The second kappa shape index (κ2) is 8.01. The van der Waals surface area contributed by atoms with Crippen LogP contribution >= 0.6 is 0 Å². The second-order valence-corrected chi connectivity index (χ2v) is 7.15. The zero-order chi connectivity index (χ0) is 19.3. The van der Waals surface area contributed by atoms with E-state index in [-0.39, 0.29) is 0 Å². The van der Waals surface area contributed by atoms with Crippen LogP contribution in [0.1, 0.15) is 11.1 Å². The van der Waals surface area contributed by atoms with Crippen LogP contribution in [-0.2, 0) is 0 Å². The van der Waals surface area contributed by atoms with Gasteiger partial charge in [0.15, 0.2) is 0 Å². The van der Waals surface area contributed by atoms with Crippen LogP contribution in [0.5, 0.6) is 0 Å². The molecule has 0 saturated carbocycles. The Morgan fingerprint density at radius 3 is 1.46 bits per heavy atom. The molecule has 0 unspecified atom stereocenters. The van der Waals surface area contributed by atoms with Crippen LogP contribution in [0.3, 0.4) is 0 Å². The number of benzene rings is 4. The molecule has 28 heavy (non-hydrogen) atoms. The minimum atomic E-state index is 1.06. The minimum Gasteiger partial charge on any atom is -0.355 e. The van der Waals surface area contributed by atoms with Crippen molar-refractivity contribution >= 4 is 22.7 Å². The zero-order valence-corrected chi connectivity index (χ0v) is 16.2. The highest BCUT2D eigenvalue weighted by atomic mass is 14.9. The van der Waals surface area contributed by atoms with Gasteiger partial charge in [-0.25, -0.2) is 0 Å². The number of anilines is 4. The Balaban J connectivity index is 1.72. The van der Waals surface area contributed by atoms with Crippen LogP contribution < -0.4 is 10.6 Å². The first-order valence-electron chi connectivity index (χ1n) is 9.54. The molecule has 0 bridgehead atoms. The van der Waals surface area contributed by atoms with Crippen LogP contribution in [0, 0.1) is 13.8 Å². The number of nitrogens with one attached hydrogen (secondary N) is 2. The Hall–Kier alpha value is -3.52. The maximum absolute atomic E-state index is 3.55. The van der Waals surface area contributed by atoms with E-state index in [2.05, 4.69) is 115 Å². The molecule has 2 N–H and O–H groups in total. The van der Waals surface area contributed by atoms with E-state index in [4.69, 9.17) is 0 Å². The summed E-state index contributed by atoms with van der Waals surface area (Å²) in [5.41, 5.74) is 9.14. The molecule has 138 valence electrons. The van der Waals surface area contributed by atoms with Gasteiger partial charge in [0.25, 0.3) is 0 Å². The smallest absolute Gasteiger partial charge is 0.0411 e. The summed E-state index contributed by atoms with van der Waals surface area (Å²) in [6, 6.07) is 33.9. The normalized spacial score (nSPS) is 10.5. The number of hydrogen-bond acceptors (Lipinski definition) is 2. The molecule has 4 rings (SSSR count). The van der Waals surface area contributed by atoms with Crippen molar-refractivity contribution in [1.29, 1.82) is 0 Å². The van der Waals surface area contributed by atoms with Gasteiger partial charge in [0, 0.05) is 22.7 Å². The van der Waals surface area contributed by atoms with E-state index >= 15 is 0 Å². The summed E-state index contributed by atoms with van der Waals surface area (Å²) in [5.74, 6) is 0. The number of hydrogen-bond donors (Lipinski definition) is 2. The van der Waals surface area contributed by atoms with Crippen molar-refractivity contribution in [1.82, 2.24) is 0 Å². The van der Waals surface area contributed by atoms with Gasteiger partial charge in [0.1, 0.15) is 0 Å². The average molecular weight is 364 g/mol. The van der Waals surface area contributed by atoms with Crippen molar-refractivity contribution in [2.24, 2.45) is 0 Å². The van der Waals surface area contributed by atoms with E-state index in [1.54, 1.807) is 0 Å². The summed E-state index contributed by atoms with van der Waals surface area (Å²) >= 11 is 0. The highest BCUT2D eigenvalue weighted by Crippen LogP contribution is 2.31. The third-order valence-corrected chi connectivity index (χ3v) is 4.65. The summed E-state index contributed by atoms with van der Waals surface area (Å²) in [5, 5.41) is 7.10. The van der Waals surface area contributed by atoms with Gasteiger partial charge in [-0.15, -0.1) is 0 Å². The van der Waals surface area contributed by atoms with Crippen LogP contribution in [0.4, 0.5) is 22.7 Å². The predicted octanol–water partition coefficient (Wildman–Crippen LogP) is 7.46. The SMILES string of the molecule is Cc1cccc(Nc2cc(Nc3cccc(C)c3)cc(-c3ccccc3)c2)c1. The molecular weight excluding hydrogens is 340 g/mol. The third kappa shape index (κ3) is 4.41. The van der Waals surface area contributed by atoms with Gasteiger partial charge in [0.05, 0.1) is 0 Å². The van der Waals surface area contributed by atoms with Crippen molar-refractivity contribution in [2.75, 3.05) is 10.6 Å². The second-order valence-electron chi connectivity index (χ2n) is 7.15. The molecular formula is C26H24N2. The van der Waals surface area contributed by atoms with E-state index in [0.717, 1.165) is 22.7 Å². The molecule has 0 heterocycles. The largest absolute Gasteiger partial charge is 0.355 e. The summed E-state index contributed by atoms with van der Waals surface area (Å²) < 4.78 is 0. The van der Waals surface area contributed by atoms with Gasteiger partial charge in [-0.05, 0) is 78.6 Å². The summed E-state index contributed by atoms with van der Waals surface area (Å²) in [6.07, 6.45) is 0. The van der Waals surface area contributed by atoms with Gasteiger partial charge in [-0.2, -0.15) is 0 Å². The van der Waals surface area contributed by atoms with Gasteiger partial charge < -0.3 is 10.6 Å². The molecule has 0 aromatic heterocycles. The van der Waals surface area contributed by atoms with Gasteiger partial charge in [0.2, 0.25) is 0 Å². The van der Waals surface area contributed by atoms with Gasteiger partial charge >= 0.3 is 0 Å². The van der Waals surface area contributed by atoms with E-state index in [9.17, 15) is 0 Å². The highest BCUT2D eigenvalue weighted by molar-refractivity contribution is 5.78. The maximum atomic E-state index is 3.55. The quantitative estimate of drug-likeness (QED) is 0.384. The topological polar surface area (TPSA) is 24.1 Å². The van der Waals surface area contributed by atoms with Crippen LogP contribution in [-0.4, -0.2) is 0 Å². The fourth-order valence-corrected chi connectivity index (χ4v) is 3.35. The summed E-state index contributed by atoms with van der Waals surface area (Å²) in [7, 11) is 0. The molecule has 0 atom stereocenters. The van der Waals surface area contributed by atoms with E-state index in [1.807, 2.05) is 6.07 Å². The van der Waals surface area contributed by atoms with E-state index in [0.29, 0.717) is 0 Å². The monoisotopic (exact) mass is 364 g/mol. The number of aryl methyl sites for hydroxylation is 2. The standard InChI is InChI=1S/C26H24N2/c1-19-8-6-12-23(14-19)27-25-16-22(21-10-4-3-5-11-21)17-26(18-25)28-24-13-7-9-20(2)15-24/h3-18,27-28H,1-2H3. The molecule has 0 radical (unpaired) electrons. The highest BCUT2D eigenvalue weighted by Gasteiger charge is 2.05. The lowest BCUT2D eigenvalue weighted by Crippen LogP contribution is -1.96. The first-order valence-corrected chi connectivity index (χ1v) is 9.54. The molecule has 0 saturated heterocycles. The molecule has 0 fully saturated rings. The zero-order valence-electron chi connectivity index (χ0n) is 16.2. The maximum Gasteiger partial charge on any atom is 0.0411 e. The Kier molecular flexibility index (Phi) is 5.11. The van der Waals surface area contributed by atoms with Crippen LogP contribution in [0.15, 0.2) is 97.1 Å². The lowest BCUT2D eigenvalue weighted by molar-refractivity contribution is 1.44. The van der Waals surface area contributed by atoms with Crippen molar-refractivity contribution in [2.45, 2.75) is 13.8 Å². The van der Waals surface area contributed by atoms with Crippen LogP contribution in [0.2, 0.25) is 0 Å². The molecule has 4 aromatic rings. The van der Waals surface area contributed by atoms with Gasteiger partial charge in [-0.1, -0.05) is 54.6 Å². The van der Waals surface area contributed by atoms with E-state index < -0.39 is 0 Å². The van der Waals surface area contributed by atoms with E-state index in [1.165, 1.54) is 22.3 Å². The molecule has 2 nitrogen and oxygen atoms in total. The summed E-state index contributed by atoms with van der Waals surface area (Å²) in [6.45, 7) is 4.21. The molecule has 0 aliphatic carbocycles. The molecule has 0 aliphatic heterocycles. The van der Waals surface area contributed by atoms with Crippen molar-refractivity contribution in [3.8, 4) is 11.1 Å². The lowest BCUT2D eigenvalue weighted by atomic mass is 10.0. The Morgan fingerprint density at radius 1 is 0.429 bits per heavy atom. The third-order valence-electron chi connectivity index (χ3n) is 4.65. The van der Waals surface area contributed by atoms with Crippen molar-refractivity contribution in [3.63, 3.8) is 0 Å². The predicted molar refractivity (Wildman–Crippen MR) is 121 cm³/mol. The fraction of sp³-hybridized carbons (Fsp3) is 0.0769. The Bertz CT molecular complexity index is 1020. The number of rotatable bonds is 5. The molecule has 0 amide bonds.